The van der Waals surface area contributed by atoms with E-state index in [-0.39, 0.29) is 18.9 Å². The first-order valence-corrected chi connectivity index (χ1v) is 10.7. The van der Waals surface area contributed by atoms with Crippen molar-refractivity contribution in [3.8, 4) is 5.75 Å². The fraction of sp³-hybridized carbons (Fsp3) is 0.316. The third-order valence-corrected chi connectivity index (χ3v) is 6.02. The average Bonchev–Trinajstić information content (AvgIpc) is 2.78. The molecule has 1 atom stereocenters. The molecule has 0 aromatic heterocycles. The molecule has 1 aliphatic heterocycles. The molecular formula is C19H21ClN2O4S. The number of carbonyl (C=O) groups excluding carboxylic acids is 1. The summed E-state index contributed by atoms with van der Waals surface area (Å²) >= 11 is 6.03. The summed E-state index contributed by atoms with van der Waals surface area (Å²) in [6.45, 7) is 4.02. The number of halogens is 1. The Labute approximate surface area is 164 Å². The van der Waals surface area contributed by atoms with Gasteiger partial charge in [0, 0.05) is 23.7 Å². The Hall–Kier alpha value is -2.25. The normalized spacial score (nSPS) is 16.9. The van der Waals surface area contributed by atoms with E-state index in [1.807, 2.05) is 32.0 Å². The molecule has 1 N–H and O–H groups in total. The molecule has 2 aromatic rings. The van der Waals surface area contributed by atoms with Gasteiger partial charge in [-0.3, -0.25) is 9.10 Å². The van der Waals surface area contributed by atoms with E-state index >= 15 is 0 Å². The highest BCUT2D eigenvalue weighted by atomic mass is 35.5. The highest BCUT2D eigenvalue weighted by Gasteiger charge is 2.31. The second-order valence-corrected chi connectivity index (χ2v) is 8.92. The van der Waals surface area contributed by atoms with E-state index in [0.717, 1.165) is 17.4 Å². The van der Waals surface area contributed by atoms with Gasteiger partial charge in [0.05, 0.1) is 11.9 Å². The number of benzene rings is 2. The number of amides is 1. The van der Waals surface area contributed by atoms with Gasteiger partial charge < -0.3 is 10.1 Å². The average molecular weight is 409 g/mol. The maximum absolute atomic E-state index is 12.8. The molecule has 3 rings (SSSR count). The van der Waals surface area contributed by atoms with Crippen LogP contribution in [0.15, 0.2) is 36.4 Å². The smallest absolute Gasteiger partial charge is 0.265 e. The minimum Gasteiger partial charge on any atom is -0.478 e. The lowest BCUT2D eigenvalue weighted by Crippen LogP contribution is -2.36. The van der Waals surface area contributed by atoms with Gasteiger partial charge in [-0.25, -0.2) is 8.42 Å². The van der Waals surface area contributed by atoms with Crippen LogP contribution in [-0.2, 0) is 14.8 Å². The topological polar surface area (TPSA) is 75.7 Å². The van der Waals surface area contributed by atoms with Gasteiger partial charge in [-0.15, -0.1) is 0 Å². The molecule has 0 saturated heterocycles. The summed E-state index contributed by atoms with van der Waals surface area (Å²) in [6, 6.07) is 10.4. The van der Waals surface area contributed by atoms with Gasteiger partial charge >= 0.3 is 0 Å². The maximum Gasteiger partial charge on any atom is 0.265 e. The van der Waals surface area contributed by atoms with Crippen LogP contribution in [0.3, 0.4) is 0 Å². The van der Waals surface area contributed by atoms with Crippen LogP contribution in [-0.4, -0.2) is 33.2 Å². The second-order valence-electron chi connectivity index (χ2n) is 6.58. The van der Waals surface area contributed by atoms with E-state index in [2.05, 4.69) is 5.32 Å². The number of ether oxygens (including phenoxy) is 1. The van der Waals surface area contributed by atoms with Gasteiger partial charge in [-0.1, -0.05) is 23.7 Å². The summed E-state index contributed by atoms with van der Waals surface area (Å²) in [5, 5.41) is 3.28. The van der Waals surface area contributed by atoms with Gasteiger partial charge in [-0.2, -0.15) is 0 Å². The van der Waals surface area contributed by atoms with Crippen molar-refractivity contribution < 1.29 is 17.9 Å². The van der Waals surface area contributed by atoms with Crippen LogP contribution in [0.1, 0.15) is 17.5 Å². The number of fused-ring (bicyclic) bond motifs is 1. The third kappa shape index (κ3) is 4.20. The molecular weight excluding hydrogens is 388 g/mol. The van der Waals surface area contributed by atoms with E-state index in [1.165, 1.54) is 10.4 Å². The lowest BCUT2D eigenvalue weighted by Gasteiger charge is -2.21. The molecule has 6 nitrogen and oxygen atoms in total. The minimum absolute atomic E-state index is 0.122. The Morgan fingerprint density at radius 1 is 1.26 bits per heavy atom. The third-order valence-electron chi connectivity index (χ3n) is 4.61. The fourth-order valence-electron chi connectivity index (χ4n) is 2.98. The standard InChI is InChI=1S/C19H21ClN2O4S/c1-12-5-4-6-15(13(12)2)21-19(23)18-9-10-22(27(3,24)25)16-11-14(20)7-8-17(16)26-18/h4-8,11,18H,9-10H2,1-3H3,(H,21,23). The molecule has 0 bridgehead atoms. The van der Waals surface area contributed by atoms with Crippen LogP contribution < -0.4 is 14.4 Å². The molecule has 1 aliphatic rings. The summed E-state index contributed by atoms with van der Waals surface area (Å²) < 4.78 is 31.5. The van der Waals surface area contributed by atoms with Crippen molar-refractivity contribution in [3.63, 3.8) is 0 Å². The summed E-state index contributed by atoms with van der Waals surface area (Å²) in [5.41, 5.74) is 3.10. The fourth-order valence-corrected chi connectivity index (χ4v) is 4.08. The zero-order chi connectivity index (χ0) is 19.8. The van der Waals surface area contributed by atoms with Crippen LogP contribution in [0, 0.1) is 13.8 Å². The Bertz CT molecular complexity index is 991. The highest BCUT2D eigenvalue weighted by molar-refractivity contribution is 7.92. The monoisotopic (exact) mass is 408 g/mol. The lowest BCUT2D eigenvalue weighted by molar-refractivity contribution is -0.122. The van der Waals surface area contributed by atoms with Gasteiger partial charge in [0.1, 0.15) is 5.75 Å². The molecule has 8 heteroatoms. The number of rotatable bonds is 3. The van der Waals surface area contributed by atoms with Crippen LogP contribution in [0.4, 0.5) is 11.4 Å². The van der Waals surface area contributed by atoms with Crippen molar-refractivity contribution >= 4 is 38.9 Å². The van der Waals surface area contributed by atoms with Crippen LogP contribution >= 0.6 is 11.6 Å². The molecule has 0 aliphatic carbocycles. The Balaban J connectivity index is 1.90. The maximum atomic E-state index is 12.8. The van der Waals surface area contributed by atoms with E-state index in [1.54, 1.807) is 12.1 Å². The van der Waals surface area contributed by atoms with Gasteiger partial charge in [-0.05, 0) is 49.2 Å². The van der Waals surface area contributed by atoms with Crippen molar-refractivity contribution in [2.24, 2.45) is 0 Å². The molecule has 27 heavy (non-hydrogen) atoms. The SMILES string of the molecule is Cc1cccc(NC(=O)C2CCN(S(C)(=O)=O)c3cc(Cl)ccc3O2)c1C. The molecule has 1 amide bonds. The van der Waals surface area contributed by atoms with Crippen molar-refractivity contribution in [1.82, 2.24) is 0 Å². The number of nitrogens with zero attached hydrogens (tertiary/aromatic N) is 1. The molecule has 2 aromatic carbocycles. The number of hydrogen-bond donors (Lipinski definition) is 1. The summed E-state index contributed by atoms with van der Waals surface area (Å²) in [4.78, 5) is 12.8. The minimum atomic E-state index is -3.54. The van der Waals surface area contributed by atoms with Crippen LogP contribution in [0.5, 0.6) is 5.75 Å². The van der Waals surface area contributed by atoms with E-state index in [0.29, 0.717) is 22.1 Å². The summed E-state index contributed by atoms with van der Waals surface area (Å²) in [7, 11) is -3.54. The Kier molecular flexibility index (Phi) is 5.35. The van der Waals surface area contributed by atoms with E-state index in [9.17, 15) is 13.2 Å². The predicted octanol–water partition coefficient (Wildman–Crippen LogP) is 3.51. The van der Waals surface area contributed by atoms with Crippen molar-refractivity contribution in [2.75, 3.05) is 22.4 Å². The predicted molar refractivity (Wildman–Crippen MR) is 107 cm³/mol. The van der Waals surface area contributed by atoms with Crippen molar-refractivity contribution in [3.05, 3.63) is 52.5 Å². The Morgan fingerprint density at radius 2 is 2.00 bits per heavy atom. The molecule has 0 radical (unpaired) electrons. The summed E-state index contributed by atoms with van der Waals surface area (Å²) in [5.74, 6) is -0.0107. The van der Waals surface area contributed by atoms with Crippen molar-refractivity contribution in [1.29, 1.82) is 0 Å². The first-order chi connectivity index (χ1) is 12.7. The zero-order valence-corrected chi connectivity index (χ0v) is 16.9. The molecule has 0 fully saturated rings. The van der Waals surface area contributed by atoms with Crippen molar-refractivity contribution in [2.45, 2.75) is 26.4 Å². The lowest BCUT2D eigenvalue weighted by atomic mass is 10.1. The number of nitrogens with one attached hydrogen (secondary N) is 1. The van der Waals surface area contributed by atoms with Crippen LogP contribution in [0.25, 0.3) is 0 Å². The Morgan fingerprint density at radius 3 is 2.70 bits per heavy atom. The number of carbonyl (C=O) groups is 1. The molecule has 0 spiro atoms. The number of anilines is 2. The van der Waals surface area contributed by atoms with Gasteiger partial charge in [0.15, 0.2) is 6.10 Å². The number of aryl methyl sites for hydroxylation is 1. The van der Waals surface area contributed by atoms with E-state index in [4.69, 9.17) is 16.3 Å². The molecule has 144 valence electrons. The first kappa shape index (κ1) is 19.5. The van der Waals surface area contributed by atoms with Crippen LogP contribution in [0.2, 0.25) is 5.02 Å². The quantitative estimate of drug-likeness (QED) is 0.843. The number of hydrogen-bond acceptors (Lipinski definition) is 4. The van der Waals surface area contributed by atoms with Gasteiger partial charge in [0.2, 0.25) is 10.0 Å². The second kappa shape index (κ2) is 7.40. The molecule has 0 saturated carbocycles. The zero-order valence-electron chi connectivity index (χ0n) is 15.3. The molecule has 1 unspecified atom stereocenters. The highest BCUT2D eigenvalue weighted by Crippen LogP contribution is 2.36. The number of sulfonamides is 1. The largest absolute Gasteiger partial charge is 0.478 e. The molecule has 1 heterocycles. The summed E-state index contributed by atoms with van der Waals surface area (Å²) in [6.07, 6.45) is 0.515. The van der Waals surface area contributed by atoms with E-state index < -0.39 is 16.1 Å². The van der Waals surface area contributed by atoms with Gasteiger partial charge in [0.25, 0.3) is 5.91 Å². The first-order valence-electron chi connectivity index (χ1n) is 8.48.